The first-order valence-corrected chi connectivity index (χ1v) is 9.60. The molecule has 0 heterocycles. The largest absolute Gasteiger partial charge is 0.465 e. The van der Waals surface area contributed by atoms with Gasteiger partial charge in [0.05, 0.1) is 18.4 Å². The zero-order valence-corrected chi connectivity index (χ0v) is 18.3. The van der Waals surface area contributed by atoms with E-state index in [0.29, 0.717) is 22.7 Å². The van der Waals surface area contributed by atoms with Gasteiger partial charge < -0.3 is 20.8 Å². The molecule has 0 bridgehead atoms. The predicted octanol–water partition coefficient (Wildman–Crippen LogP) is 5.60. The fourth-order valence-corrected chi connectivity index (χ4v) is 2.65. The Labute approximate surface area is 178 Å². The van der Waals surface area contributed by atoms with Crippen LogP contribution in [0.4, 0.5) is 11.4 Å². The minimum atomic E-state index is -0.382. The van der Waals surface area contributed by atoms with Gasteiger partial charge in [-0.2, -0.15) is 0 Å². The van der Waals surface area contributed by atoms with E-state index in [4.69, 9.17) is 10.1 Å². The summed E-state index contributed by atoms with van der Waals surface area (Å²) >= 11 is 0. The molecular weight excluding hydrogens is 376 g/mol. The van der Waals surface area contributed by atoms with Crippen LogP contribution in [0.1, 0.15) is 42.3 Å². The maximum Gasteiger partial charge on any atom is 0.337 e. The number of allylic oxidation sites excluding steroid dienone is 1. The van der Waals surface area contributed by atoms with Crippen molar-refractivity contribution < 1.29 is 9.53 Å². The van der Waals surface area contributed by atoms with Gasteiger partial charge >= 0.3 is 5.97 Å². The van der Waals surface area contributed by atoms with Crippen LogP contribution >= 0.6 is 0 Å². The van der Waals surface area contributed by atoms with Crippen LogP contribution in [0.15, 0.2) is 65.8 Å². The number of anilines is 2. The van der Waals surface area contributed by atoms with Gasteiger partial charge in [0.2, 0.25) is 0 Å². The fourth-order valence-electron chi connectivity index (χ4n) is 2.65. The lowest BCUT2D eigenvalue weighted by Gasteiger charge is -2.12. The third kappa shape index (κ3) is 6.44. The summed E-state index contributed by atoms with van der Waals surface area (Å²) in [7, 11) is 3.16. The van der Waals surface area contributed by atoms with Gasteiger partial charge in [-0.3, -0.25) is 4.99 Å². The highest BCUT2D eigenvalue weighted by molar-refractivity contribution is 6.02. The van der Waals surface area contributed by atoms with Crippen molar-refractivity contribution in [2.45, 2.75) is 20.8 Å². The Bertz CT molecular complexity index is 944. The van der Waals surface area contributed by atoms with Crippen LogP contribution in [-0.4, -0.2) is 32.6 Å². The molecule has 3 N–H and O–H groups in total. The molecule has 0 unspecified atom stereocenters. The van der Waals surface area contributed by atoms with Gasteiger partial charge in [0, 0.05) is 41.0 Å². The number of nitrogens with one attached hydrogen (secondary N) is 3. The predicted molar refractivity (Wildman–Crippen MR) is 128 cm³/mol. The minimum Gasteiger partial charge on any atom is -0.465 e. The van der Waals surface area contributed by atoms with Crippen molar-refractivity contribution in [1.82, 2.24) is 0 Å². The topological polar surface area (TPSA) is 86.6 Å². The van der Waals surface area contributed by atoms with Crippen molar-refractivity contribution in [2.75, 3.05) is 24.8 Å². The molecule has 0 spiro atoms. The average Bonchev–Trinajstić information content (AvgIpc) is 2.78. The van der Waals surface area contributed by atoms with Crippen molar-refractivity contribution in [2.24, 2.45) is 4.99 Å². The first-order chi connectivity index (χ1) is 14.4. The normalized spacial score (nSPS) is 10.2. The molecule has 0 saturated carbocycles. The van der Waals surface area contributed by atoms with Gasteiger partial charge in [0.15, 0.2) is 0 Å². The van der Waals surface area contributed by atoms with E-state index < -0.39 is 0 Å². The average molecular weight is 407 g/mol. The molecule has 0 aliphatic heterocycles. The van der Waals surface area contributed by atoms with E-state index in [2.05, 4.69) is 28.9 Å². The number of rotatable bonds is 8. The monoisotopic (exact) mass is 406 g/mol. The lowest BCUT2D eigenvalue weighted by atomic mass is 10.0. The van der Waals surface area contributed by atoms with E-state index in [9.17, 15) is 4.79 Å². The Morgan fingerprint density at radius 2 is 1.73 bits per heavy atom. The summed E-state index contributed by atoms with van der Waals surface area (Å²) in [4.78, 5) is 15.6. The van der Waals surface area contributed by atoms with Crippen LogP contribution in [-0.2, 0) is 4.74 Å². The molecule has 2 rings (SSSR count). The molecule has 0 fully saturated rings. The van der Waals surface area contributed by atoms with Crippen molar-refractivity contribution in [3.8, 4) is 0 Å². The van der Waals surface area contributed by atoms with Gasteiger partial charge in [-0.05, 0) is 50.0 Å². The highest BCUT2D eigenvalue weighted by Crippen LogP contribution is 2.25. The lowest BCUT2D eigenvalue weighted by molar-refractivity contribution is 0.0601. The van der Waals surface area contributed by atoms with Crippen molar-refractivity contribution in [3.63, 3.8) is 0 Å². The molecule has 0 radical (unpaired) electrons. The summed E-state index contributed by atoms with van der Waals surface area (Å²) in [6.45, 7) is 13.4. The Kier molecular flexibility index (Phi) is 9.76. The van der Waals surface area contributed by atoms with Crippen molar-refractivity contribution in [1.29, 1.82) is 5.41 Å². The molecule has 158 valence electrons. The van der Waals surface area contributed by atoms with Gasteiger partial charge in [-0.15, -0.1) is 0 Å². The molecule has 2 aromatic carbocycles. The van der Waals surface area contributed by atoms with E-state index in [1.165, 1.54) is 7.11 Å². The molecule has 6 nitrogen and oxygen atoms in total. The van der Waals surface area contributed by atoms with Crippen LogP contribution in [0.2, 0.25) is 0 Å². The molecule has 0 atom stereocenters. The van der Waals surface area contributed by atoms with Gasteiger partial charge in [-0.25, -0.2) is 4.79 Å². The van der Waals surface area contributed by atoms with Crippen LogP contribution in [0.5, 0.6) is 0 Å². The molecule has 0 aromatic heterocycles. The third-order valence-corrected chi connectivity index (χ3v) is 4.08. The van der Waals surface area contributed by atoms with Gasteiger partial charge in [0.1, 0.15) is 0 Å². The molecule has 0 aliphatic rings. The Hall–Kier alpha value is -3.67. The number of methoxy groups -OCH3 is 1. The number of benzene rings is 2. The quantitative estimate of drug-likeness (QED) is 0.303. The number of carbonyl (C=O) groups excluding carboxylic acids is 1. The number of hydrogen-bond donors (Lipinski definition) is 3. The van der Waals surface area contributed by atoms with Crippen molar-refractivity contribution >= 4 is 35.5 Å². The van der Waals surface area contributed by atoms with E-state index in [1.54, 1.807) is 37.3 Å². The molecule has 6 heteroatoms. The number of esters is 1. The van der Waals surface area contributed by atoms with E-state index in [0.717, 1.165) is 22.5 Å². The van der Waals surface area contributed by atoms with E-state index in [-0.39, 0.29) is 5.97 Å². The summed E-state index contributed by atoms with van der Waals surface area (Å²) in [6, 6.07) is 12.6. The molecule has 0 saturated heterocycles. The molecule has 0 aliphatic carbocycles. The second kappa shape index (κ2) is 12.0. The number of aliphatic imine (C=N–C) groups is 1. The summed E-state index contributed by atoms with van der Waals surface area (Å²) in [5, 5.41) is 14.1. The number of ether oxygens (including phenoxy) is 1. The van der Waals surface area contributed by atoms with E-state index >= 15 is 0 Å². The van der Waals surface area contributed by atoms with Crippen LogP contribution < -0.4 is 10.6 Å². The zero-order chi connectivity index (χ0) is 22.7. The molecule has 2 aromatic rings. The highest BCUT2D eigenvalue weighted by atomic mass is 16.5. The first kappa shape index (κ1) is 24.4. The maximum absolute atomic E-state index is 11.5. The first-order valence-electron chi connectivity index (χ1n) is 9.60. The van der Waals surface area contributed by atoms with Crippen LogP contribution in [0, 0.1) is 5.41 Å². The van der Waals surface area contributed by atoms with Crippen LogP contribution in [0.3, 0.4) is 0 Å². The zero-order valence-electron chi connectivity index (χ0n) is 18.3. The third-order valence-electron chi connectivity index (χ3n) is 4.08. The molecule has 30 heavy (non-hydrogen) atoms. The van der Waals surface area contributed by atoms with Gasteiger partial charge in [0.25, 0.3) is 0 Å². The standard InChI is InChI=1S/C22H24N4O2.C2H6/c1-14(26-18-9-6-16(7-10-18)22(27)28-5)12-20(24-3)17-8-11-19(15(2)23)21(13-17)25-4;1-2/h6-13,23,25-26H,1,3H2,2,4-5H3;1-2H3/b20-12-,23-15?;. The number of nitrogens with zero attached hydrogens (tertiary/aromatic N) is 1. The van der Waals surface area contributed by atoms with Gasteiger partial charge in [-0.1, -0.05) is 32.6 Å². The van der Waals surface area contributed by atoms with E-state index in [1.807, 2.05) is 39.1 Å². The molecular formula is C24H30N4O2. The smallest absolute Gasteiger partial charge is 0.337 e. The second-order valence-electron chi connectivity index (χ2n) is 6.04. The number of hydrogen-bond acceptors (Lipinski definition) is 6. The fraction of sp³-hybridized carbons (Fsp3) is 0.208. The summed E-state index contributed by atoms with van der Waals surface area (Å²) in [6.07, 6.45) is 1.78. The maximum atomic E-state index is 11.5. The summed E-state index contributed by atoms with van der Waals surface area (Å²) < 4.78 is 4.69. The number of carbonyl (C=O) groups is 1. The SMILES string of the molecule is C=N/C(=C\C(=C)Nc1ccc(C(=O)OC)cc1)c1ccc(C(C)=N)c(NC)c1.CC. The lowest BCUT2D eigenvalue weighted by Crippen LogP contribution is -2.02. The van der Waals surface area contributed by atoms with Crippen molar-refractivity contribution in [3.05, 3.63) is 77.5 Å². The minimum absolute atomic E-state index is 0.382. The summed E-state index contributed by atoms with van der Waals surface area (Å²) in [5.74, 6) is -0.382. The Morgan fingerprint density at radius 1 is 1.13 bits per heavy atom. The Morgan fingerprint density at radius 3 is 2.23 bits per heavy atom. The second-order valence-corrected chi connectivity index (χ2v) is 6.04. The van der Waals surface area contributed by atoms with Crippen LogP contribution in [0.25, 0.3) is 5.70 Å². The highest BCUT2D eigenvalue weighted by Gasteiger charge is 2.08. The molecule has 0 amide bonds. The summed E-state index contributed by atoms with van der Waals surface area (Å²) in [5.41, 5.74) is 5.53. The Balaban J connectivity index is 0.00000218.